The van der Waals surface area contributed by atoms with Gasteiger partial charge in [0, 0.05) is 29.1 Å². The van der Waals surface area contributed by atoms with Gasteiger partial charge >= 0.3 is 5.97 Å². The van der Waals surface area contributed by atoms with Crippen molar-refractivity contribution in [1.82, 2.24) is 10.1 Å². The Balaban J connectivity index is 1.11. The molecule has 39 heavy (non-hydrogen) atoms. The number of benzene rings is 2. The van der Waals surface area contributed by atoms with Crippen LogP contribution < -0.4 is 9.64 Å². The minimum Gasteiger partial charge on any atom is -0.494 e. The molecule has 1 aliphatic carbocycles. The SMILES string of the molecule is COc1cc(C(=O)O)cc2sc(N3C4CCC3CC(OCc3c(-c5ccccc5C)noc3C3CC3)C4)nc12. The van der Waals surface area contributed by atoms with Crippen molar-refractivity contribution in [2.24, 2.45) is 0 Å². The van der Waals surface area contributed by atoms with Crippen molar-refractivity contribution in [3.63, 3.8) is 0 Å². The number of thiazole rings is 1. The van der Waals surface area contributed by atoms with E-state index in [-0.39, 0.29) is 11.7 Å². The average Bonchev–Trinajstić information content (AvgIpc) is 3.45. The summed E-state index contributed by atoms with van der Waals surface area (Å²) in [6, 6.07) is 12.3. The number of anilines is 1. The van der Waals surface area contributed by atoms with E-state index in [1.54, 1.807) is 30.6 Å². The molecule has 7 rings (SSSR count). The number of piperidine rings is 1. The molecule has 4 aromatic rings. The van der Waals surface area contributed by atoms with Gasteiger partial charge in [-0.05, 0) is 63.1 Å². The van der Waals surface area contributed by atoms with E-state index in [0.717, 1.165) is 76.5 Å². The van der Waals surface area contributed by atoms with E-state index in [2.05, 4.69) is 29.1 Å². The second-order valence-electron chi connectivity index (χ2n) is 11.0. The maximum atomic E-state index is 11.6. The van der Waals surface area contributed by atoms with Gasteiger partial charge in [0.25, 0.3) is 0 Å². The highest BCUT2D eigenvalue weighted by atomic mass is 32.1. The first-order valence-corrected chi connectivity index (χ1v) is 14.5. The summed E-state index contributed by atoms with van der Waals surface area (Å²) in [5, 5.41) is 14.9. The van der Waals surface area contributed by atoms with Crippen molar-refractivity contribution in [1.29, 1.82) is 0 Å². The molecule has 0 amide bonds. The Hall–Kier alpha value is -3.43. The fraction of sp³-hybridized carbons (Fsp3) is 0.433. The molecule has 3 fully saturated rings. The van der Waals surface area contributed by atoms with Crippen molar-refractivity contribution in [3.8, 4) is 17.0 Å². The zero-order valence-corrected chi connectivity index (χ0v) is 22.9. The summed E-state index contributed by atoms with van der Waals surface area (Å²) in [7, 11) is 1.56. The van der Waals surface area contributed by atoms with E-state index in [1.165, 1.54) is 5.56 Å². The largest absolute Gasteiger partial charge is 0.494 e. The predicted molar refractivity (Wildman–Crippen MR) is 149 cm³/mol. The third kappa shape index (κ3) is 4.37. The minimum absolute atomic E-state index is 0.160. The van der Waals surface area contributed by atoms with Gasteiger partial charge in [0.2, 0.25) is 0 Å². The Bertz CT molecular complexity index is 1540. The van der Waals surface area contributed by atoms with Crippen molar-refractivity contribution in [2.75, 3.05) is 12.0 Å². The lowest BCUT2D eigenvalue weighted by Crippen LogP contribution is -2.45. The van der Waals surface area contributed by atoms with Crippen LogP contribution in [0.5, 0.6) is 5.75 Å². The highest BCUT2D eigenvalue weighted by Gasteiger charge is 2.43. The van der Waals surface area contributed by atoms with Gasteiger partial charge in [-0.3, -0.25) is 0 Å². The minimum atomic E-state index is -0.966. The van der Waals surface area contributed by atoms with E-state index in [1.807, 2.05) is 12.1 Å². The van der Waals surface area contributed by atoms with E-state index < -0.39 is 5.97 Å². The summed E-state index contributed by atoms with van der Waals surface area (Å²) in [6.07, 6.45) is 6.55. The monoisotopic (exact) mass is 545 g/mol. The van der Waals surface area contributed by atoms with E-state index >= 15 is 0 Å². The number of carbonyl (C=O) groups is 1. The number of aryl methyl sites for hydroxylation is 1. The summed E-state index contributed by atoms with van der Waals surface area (Å²) in [5.41, 5.74) is 5.26. The fourth-order valence-corrected chi connectivity index (χ4v) is 7.50. The van der Waals surface area contributed by atoms with Crippen LogP contribution in [-0.4, -0.2) is 46.5 Å². The molecule has 9 heteroatoms. The number of methoxy groups -OCH3 is 1. The standard InChI is InChI=1S/C30H31N3O5S/c1-16-5-3-4-6-22(16)26-23(28(38-32-26)17-7-8-17)15-37-21-13-19-9-10-20(14-21)33(19)30-31-27-24(36-2)11-18(29(34)35)12-25(27)39-30/h3-6,11-12,17,19-21H,7-10,13-15H2,1-2H3,(H,34,35). The molecule has 1 N–H and O–H groups in total. The molecule has 2 aromatic heterocycles. The van der Waals surface area contributed by atoms with Gasteiger partial charge in [0.1, 0.15) is 22.7 Å². The number of carboxylic acids is 1. The molecule has 1 saturated carbocycles. The van der Waals surface area contributed by atoms with Crippen LogP contribution in [0.25, 0.3) is 21.5 Å². The maximum Gasteiger partial charge on any atom is 0.335 e. The molecule has 2 bridgehead atoms. The summed E-state index contributed by atoms with van der Waals surface area (Å²) in [5.74, 6) is 0.997. The number of hydrogen-bond donors (Lipinski definition) is 1. The van der Waals surface area contributed by atoms with Gasteiger partial charge in [-0.2, -0.15) is 0 Å². The Morgan fingerprint density at radius 2 is 1.92 bits per heavy atom. The molecule has 2 aliphatic heterocycles. The average molecular weight is 546 g/mol. The second-order valence-corrected chi connectivity index (χ2v) is 12.0. The van der Waals surface area contributed by atoms with Gasteiger partial charge in [0.15, 0.2) is 5.13 Å². The highest BCUT2D eigenvalue weighted by Crippen LogP contribution is 2.46. The molecule has 2 saturated heterocycles. The van der Waals surface area contributed by atoms with Crippen LogP contribution in [0.15, 0.2) is 40.9 Å². The third-order valence-electron chi connectivity index (χ3n) is 8.46. The smallest absolute Gasteiger partial charge is 0.335 e. The first-order chi connectivity index (χ1) is 19.0. The molecule has 2 atom stereocenters. The first-order valence-electron chi connectivity index (χ1n) is 13.7. The maximum absolute atomic E-state index is 11.6. The topological polar surface area (TPSA) is 97.9 Å². The first kappa shape index (κ1) is 24.6. The number of nitrogens with zero attached hydrogens (tertiary/aromatic N) is 3. The fourth-order valence-electron chi connectivity index (χ4n) is 6.33. The van der Waals surface area contributed by atoms with Gasteiger partial charge in [-0.15, -0.1) is 0 Å². The van der Waals surface area contributed by atoms with Gasteiger partial charge < -0.3 is 24.0 Å². The van der Waals surface area contributed by atoms with E-state index in [4.69, 9.17) is 19.0 Å². The van der Waals surface area contributed by atoms with Crippen LogP contribution in [0.1, 0.15) is 71.7 Å². The molecule has 0 spiro atoms. The van der Waals surface area contributed by atoms with Gasteiger partial charge in [-0.25, -0.2) is 9.78 Å². The van der Waals surface area contributed by atoms with Crippen LogP contribution in [0, 0.1) is 6.92 Å². The van der Waals surface area contributed by atoms with E-state index in [0.29, 0.717) is 30.4 Å². The van der Waals surface area contributed by atoms with Crippen LogP contribution in [0.2, 0.25) is 0 Å². The Labute approximate surface area is 230 Å². The van der Waals surface area contributed by atoms with E-state index in [9.17, 15) is 9.90 Å². The molecule has 4 heterocycles. The van der Waals surface area contributed by atoms with Crippen LogP contribution in [0.3, 0.4) is 0 Å². The highest BCUT2D eigenvalue weighted by molar-refractivity contribution is 7.22. The second kappa shape index (κ2) is 9.64. The molecule has 2 aromatic carbocycles. The quantitative estimate of drug-likeness (QED) is 0.266. The van der Waals surface area contributed by atoms with Crippen LogP contribution in [0.4, 0.5) is 5.13 Å². The van der Waals surface area contributed by atoms with Crippen molar-refractivity contribution in [2.45, 2.75) is 76.2 Å². The lowest BCUT2D eigenvalue weighted by molar-refractivity contribution is 0.0147. The number of hydrogen-bond acceptors (Lipinski definition) is 8. The normalized spacial score (nSPS) is 22.5. The number of fused-ring (bicyclic) bond motifs is 3. The van der Waals surface area contributed by atoms with Crippen molar-refractivity contribution >= 4 is 32.7 Å². The lowest BCUT2D eigenvalue weighted by atomic mass is 9.99. The Morgan fingerprint density at radius 3 is 2.62 bits per heavy atom. The zero-order chi connectivity index (χ0) is 26.7. The molecule has 2 unspecified atom stereocenters. The number of aromatic nitrogens is 2. The number of ether oxygens (including phenoxy) is 2. The lowest BCUT2D eigenvalue weighted by Gasteiger charge is -2.38. The molecular formula is C30H31N3O5S. The molecular weight excluding hydrogens is 514 g/mol. The van der Waals surface area contributed by atoms with Gasteiger partial charge in [0.05, 0.1) is 30.1 Å². The zero-order valence-electron chi connectivity index (χ0n) is 22.1. The number of rotatable bonds is 8. The predicted octanol–water partition coefficient (Wildman–Crippen LogP) is 6.56. The van der Waals surface area contributed by atoms with Crippen molar-refractivity contribution in [3.05, 3.63) is 58.8 Å². The molecule has 3 aliphatic rings. The van der Waals surface area contributed by atoms with Crippen LogP contribution in [-0.2, 0) is 11.3 Å². The Morgan fingerprint density at radius 1 is 1.15 bits per heavy atom. The summed E-state index contributed by atoms with van der Waals surface area (Å²) in [6.45, 7) is 2.62. The molecule has 0 radical (unpaired) electrons. The number of aromatic carboxylic acids is 1. The molecule has 202 valence electrons. The molecule has 8 nitrogen and oxygen atoms in total. The van der Waals surface area contributed by atoms with Crippen molar-refractivity contribution < 1.29 is 23.9 Å². The number of carboxylic acid groups (broad SMARTS) is 1. The summed E-state index contributed by atoms with van der Waals surface area (Å²) < 4.78 is 18.8. The Kier molecular flexibility index (Phi) is 6.08. The van der Waals surface area contributed by atoms with Crippen LogP contribution >= 0.6 is 11.3 Å². The summed E-state index contributed by atoms with van der Waals surface area (Å²) in [4.78, 5) is 19.0. The van der Waals surface area contributed by atoms with Gasteiger partial charge in [-0.1, -0.05) is 40.8 Å². The summed E-state index contributed by atoms with van der Waals surface area (Å²) >= 11 is 1.55. The third-order valence-corrected chi connectivity index (χ3v) is 9.47.